The van der Waals surface area contributed by atoms with Crippen LogP contribution in [0.4, 0.5) is 5.69 Å². The number of nitrogen functional groups attached to an aromatic ring is 1. The number of hydrogen-bond acceptors (Lipinski definition) is 6. The molecule has 2 aromatic rings. The zero-order valence-electron chi connectivity index (χ0n) is 10.4. The van der Waals surface area contributed by atoms with Crippen LogP contribution in [0.5, 0.6) is 0 Å². The van der Waals surface area contributed by atoms with Gasteiger partial charge in [0.25, 0.3) is 0 Å². The summed E-state index contributed by atoms with van der Waals surface area (Å²) in [7, 11) is -3.01. The van der Waals surface area contributed by atoms with Crippen LogP contribution in [0.2, 0.25) is 5.02 Å². The Hall–Kier alpha value is -1.67. The van der Waals surface area contributed by atoms with E-state index < -0.39 is 9.84 Å². The molecule has 1 saturated heterocycles. The van der Waals surface area contributed by atoms with E-state index in [1.165, 1.54) is 4.68 Å². The molecule has 7 nitrogen and oxygen atoms in total. The summed E-state index contributed by atoms with van der Waals surface area (Å²) < 4.78 is 24.7. The number of sulfone groups is 1. The molecule has 2 N–H and O–H groups in total. The standard InChI is InChI=1S/C11H12ClN5O2S/c12-10-2-1-7(13)5-9(10)11-14-15-16-17(11)8-3-4-20(18,19)6-8/h1-2,5,8H,3-4,6,13H2. The first-order valence-corrected chi connectivity index (χ1v) is 8.20. The monoisotopic (exact) mass is 313 g/mol. The average molecular weight is 314 g/mol. The summed E-state index contributed by atoms with van der Waals surface area (Å²) >= 11 is 6.14. The normalized spacial score (nSPS) is 21.1. The van der Waals surface area contributed by atoms with Crippen molar-refractivity contribution in [3.05, 3.63) is 23.2 Å². The van der Waals surface area contributed by atoms with Gasteiger partial charge in [0.1, 0.15) is 0 Å². The van der Waals surface area contributed by atoms with Gasteiger partial charge in [0, 0.05) is 11.3 Å². The quantitative estimate of drug-likeness (QED) is 0.827. The minimum absolute atomic E-state index is 0.0466. The lowest BCUT2D eigenvalue weighted by atomic mass is 10.1. The summed E-state index contributed by atoms with van der Waals surface area (Å²) in [4.78, 5) is 0. The number of nitrogens with two attached hydrogens (primary N) is 1. The highest BCUT2D eigenvalue weighted by molar-refractivity contribution is 7.91. The van der Waals surface area contributed by atoms with Gasteiger partial charge < -0.3 is 5.73 Å². The lowest BCUT2D eigenvalue weighted by molar-refractivity contribution is 0.489. The molecule has 0 spiro atoms. The molecule has 1 aromatic carbocycles. The van der Waals surface area contributed by atoms with Crippen LogP contribution >= 0.6 is 11.6 Å². The van der Waals surface area contributed by atoms with Crippen LogP contribution in [-0.2, 0) is 9.84 Å². The molecule has 0 amide bonds. The summed E-state index contributed by atoms with van der Waals surface area (Å²) in [6.07, 6.45) is 0.500. The largest absolute Gasteiger partial charge is 0.399 e. The predicted octanol–water partition coefficient (Wildman–Crippen LogP) is 0.935. The lowest BCUT2D eigenvalue weighted by Crippen LogP contribution is -2.14. The number of aromatic nitrogens is 4. The first-order chi connectivity index (χ1) is 9.46. The molecule has 106 valence electrons. The fourth-order valence-corrected chi connectivity index (χ4v) is 4.19. The third-order valence-electron chi connectivity index (χ3n) is 3.28. The molecule has 0 bridgehead atoms. The van der Waals surface area contributed by atoms with Crippen molar-refractivity contribution < 1.29 is 8.42 Å². The highest BCUT2D eigenvalue weighted by Crippen LogP contribution is 2.31. The maximum absolute atomic E-state index is 11.6. The van der Waals surface area contributed by atoms with E-state index in [0.29, 0.717) is 28.5 Å². The summed E-state index contributed by atoms with van der Waals surface area (Å²) in [6, 6.07) is 4.76. The van der Waals surface area contributed by atoms with Crippen LogP contribution in [0.15, 0.2) is 18.2 Å². The fraction of sp³-hybridized carbons (Fsp3) is 0.364. The Morgan fingerprint density at radius 3 is 2.90 bits per heavy atom. The van der Waals surface area contributed by atoms with Crippen LogP contribution in [0, 0.1) is 0 Å². The smallest absolute Gasteiger partial charge is 0.183 e. The molecular weight excluding hydrogens is 302 g/mol. The van der Waals surface area contributed by atoms with Gasteiger partial charge in [-0.15, -0.1) is 5.10 Å². The maximum Gasteiger partial charge on any atom is 0.183 e. The van der Waals surface area contributed by atoms with Crippen LogP contribution in [0.25, 0.3) is 11.4 Å². The van der Waals surface area contributed by atoms with Crippen molar-refractivity contribution in [1.82, 2.24) is 20.2 Å². The van der Waals surface area contributed by atoms with E-state index in [9.17, 15) is 8.42 Å². The third kappa shape index (κ3) is 2.36. The highest BCUT2D eigenvalue weighted by Gasteiger charge is 2.32. The van der Waals surface area contributed by atoms with Crippen molar-refractivity contribution in [2.24, 2.45) is 0 Å². The van der Waals surface area contributed by atoms with Crippen LogP contribution in [-0.4, -0.2) is 40.1 Å². The van der Waals surface area contributed by atoms with E-state index in [-0.39, 0.29) is 17.5 Å². The molecule has 1 fully saturated rings. The minimum atomic E-state index is -3.01. The van der Waals surface area contributed by atoms with Crippen molar-refractivity contribution in [3.8, 4) is 11.4 Å². The minimum Gasteiger partial charge on any atom is -0.399 e. The Balaban J connectivity index is 2.05. The second kappa shape index (κ2) is 4.71. The summed E-state index contributed by atoms with van der Waals surface area (Å²) in [5.74, 6) is 0.636. The summed E-state index contributed by atoms with van der Waals surface area (Å²) in [6.45, 7) is 0. The molecule has 1 aromatic heterocycles. The molecule has 2 heterocycles. The van der Waals surface area contributed by atoms with Crippen molar-refractivity contribution in [2.75, 3.05) is 17.2 Å². The van der Waals surface area contributed by atoms with Crippen molar-refractivity contribution in [1.29, 1.82) is 0 Å². The molecule has 1 atom stereocenters. The van der Waals surface area contributed by atoms with Crippen LogP contribution < -0.4 is 5.73 Å². The van der Waals surface area contributed by atoms with Gasteiger partial charge >= 0.3 is 0 Å². The first kappa shape index (κ1) is 13.3. The highest BCUT2D eigenvalue weighted by atomic mass is 35.5. The number of halogens is 1. The summed E-state index contributed by atoms with van der Waals surface area (Å²) in [5.41, 5.74) is 6.89. The van der Waals surface area contributed by atoms with E-state index in [1.54, 1.807) is 18.2 Å². The van der Waals surface area contributed by atoms with Gasteiger partial charge in [-0.05, 0) is 35.0 Å². The van der Waals surface area contributed by atoms with Gasteiger partial charge in [-0.3, -0.25) is 0 Å². The van der Waals surface area contributed by atoms with E-state index in [4.69, 9.17) is 17.3 Å². The average Bonchev–Trinajstić information content (AvgIpc) is 2.98. The van der Waals surface area contributed by atoms with Gasteiger partial charge in [-0.25, -0.2) is 13.1 Å². The Morgan fingerprint density at radius 2 is 2.20 bits per heavy atom. The second-order valence-corrected chi connectivity index (χ2v) is 7.38. The molecule has 0 radical (unpaired) electrons. The predicted molar refractivity (Wildman–Crippen MR) is 75.0 cm³/mol. The molecule has 20 heavy (non-hydrogen) atoms. The molecular formula is C11H12ClN5O2S. The number of tetrazole rings is 1. The zero-order chi connectivity index (χ0) is 14.3. The molecule has 1 unspecified atom stereocenters. The topological polar surface area (TPSA) is 104 Å². The van der Waals surface area contributed by atoms with Gasteiger partial charge in [-0.2, -0.15) is 0 Å². The fourth-order valence-electron chi connectivity index (χ4n) is 2.30. The van der Waals surface area contributed by atoms with Crippen molar-refractivity contribution in [2.45, 2.75) is 12.5 Å². The van der Waals surface area contributed by atoms with Crippen LogP contribution in [0.3, 0.4) is 0 Å². The first-order valence-electron chi connectivity index (χ1n) is 6.00. The Morgan fingerprint density at radius 1 is 1.40 bits per heavy atom. The lowest BCUT2D eigenvalue weighted by Gasteiger charge is -2.11. The third-order valence-corrected chi connectivity index (χ3v) is 5.36. The van der Waals surface area contributed by atoms with Gasteiger partial charge in [0.2, 0.25) is 0 Å². The van der Waals surface area contributed by atoms with E-state index in [2.05, 4.69) is 15.5 Å². The number of benzene rings is 1. The van der Waals surface area contributed by atoms with E-state index >= 15 is 0 Å². The number of anilines is 1. The molecule has 1 aliphatic rings. The number of nitrogens with zero attached hydrogens (tertiary/aromatic N) is 4. The molecule has 3 rings (SSSR count). The molecule has 1 aliphatic heterocycles. The van der Waals surface area contributed by atoms with Gasteiger partial charge in [-0.1, -0.05) is 11.6 Å². The molecule has 0 saturated carbocycles. The zero-order valence-corrected chi connectivity index (χ0v) is 12.0. The SMILES string of the molecule is Nc1ccc(Cl)c(-c2nnnn2C2CCS(=O)(=O)C2)c1. The maximum atomic E-state index is 11.6. The molecule has 9 heteroatoms. The Kier molecular flexibility index (Phi) is 3.14. The summed E-state index contributed by atoms with van der Waals surface area (Å²) in [5, 5.41) is 11.9. The van der Waals surface area contributed by atoms with Crippen LogP contribution in [0.1, 0.15) is 12.5 Å². The van der Waals surface area contributed by atoms with Crippen molar-refractivity contribution in [3.63, 3.8) is 0 Å². The number of rotatable bonds is 2. The van der Waals surface area contributed by atoms with Gasteiger partial charge in [0.05, 0.1) is 22.6 Å². The van der Waals surface area contributed by atoms with Gasteiger partial charge in [0.15, 0.2) is 15.7 Å². The van der Waals surface area contributed by atoms with E-state index in [0.717, 1.165) is 0 Å². The van der Waals surface area contributed by atoms with Crippen molar-refractivity contribution >= 4 is 27.1 Å². The Labute approximate surface area is 120 Å². The number of hydrogen-bond donors (Lipinski definition) is 1. The van der Waals surface area contributed by atoms with E-state index in [1.807, 2.05) is 0 Å². The molecule has 0 aliphatic carbocycles. The Bertz CT molecular complexity index is 758. The second-order valence-electron chi connectivity index (χ2n) is 4.74.